The number of amides is 1. The number of piperazine rings is 1. The van der Waals surface area contributed by atoms with E-state index in [9.17, 15) is 9.59 Å². The molecule has 0 aliphatic carbocycles. The molecule has 0 saturated carbocycles. The normalized spacial score (nSPS) is 18.1. The third kappa shape index (κ3) is 4.52. The molecule has 4 rings (SSSR count). The van der Waals surface area contributed by atoms with Crippen LogP contribution in [0.3, 0.4) is 0 Å². The van der Waals surface area contributed by atoms with Crippen molar-refractivity contribution in [1.82, 2.24) is 14.8 Å². The minimum Gasteiger partial charge on any atom is -0.468 e. The van der Waals surface area contributed by atoms with Crippen LogP contribution in [-0.2, 0) is 9.53 Å². The minimum atomic E-state index is -0.588. The molecule has 1 aromatic carbocycles. The van der Waals surface area contributed by atoms with Gasteiger partial charge in [0.05, 0.1) is 12.7 Å². The van der Waals surface area contributed by atoms with E-state index in [1.165, 1.54) is 7.11 Å². The van der Waals surface area contributed by atoms with Gasteiger partial charge in [0.2, 0.25) is 0 Å². The molecule has 31 heavy (non-hydrogen) atoms. The molecule has 2 aliphatic rings. The van der Waals surface area contributed by atoms with Crippen molar-refractivity contribution >= 4 is 29.3 Å². The highest BCUT2D eigenvalue weighted by molar-refractivity contribution is 6.31. The van der Waals surface area contributed by atoms with Gasteiger partial charge in [0.1, 0.15) is 11.9 Å². The van der Waals surface area contributed by atoms with Crippen molar-refractivity contribution in [3.8, 4) is 0 Å². The molecule has 0 N–H and O–H groups in total. The first kappa shape index (κ1) is 21.6. The van der Waals surface area contributed by atoms with Crippen LogP contribution in [0.25, 0.3) is 0 Å². The fraction of sp³-hybridized carbons (Fsp3) is 0.435. The Balaban J connectivity index is 1.49. The predicted octanol–water partition coefficient (Wildman–Crippen LogP) is 3.01. The zero-order chi connectivity index (χ0) is 21.8. The first-order valence-electron chi connectivity index (χ1n) is 10.7. The Morgan fingerprint density at radius 2 is 1.71 bits per heavy atom. The summed E-state index contributed by atoms with van der Waals surface area (Å²) in [4.78, 5) is 36.4. The number of pyridine rings is 1. The van der Waals surface area contributed by atoms with Crippen molar-refractivity contribution < 1.29 is 14.3 Å². The molecule has 2 saturated heterocycles. The SMILES string of the molecule is COC(=O)C(c1ccccc1Cl)N1CCN(C(=O)c2cccnc2N2CCCC2)CC1. The van der Waals surface area contributed by atoms with Crippen molar-refractivity contribution in [2.45, 2.75) is 18.9 Å². The Morgan fingerprint density at radius 3 is 2.39 bits per heavy atom. The van der Waals surface area contributed by atoms with Gasteiger partial charge in [-0.2, -0.15) is 0 Å². The highest BCUT2D eigenvalue weighted by atomic mass is 35.5. The quantitative estimate of drug-likeness (QED) is 0.663. The van der Waals surface area contributed by atoms with E-state index in [2.05, 4.69) is 9.88 Å². The summed E-state index contributed by atoms with van der Waals surface area (Å²) in [5, 5.41) is 0.530. The molecule has 2 aromatic rings. The summed E-state index contributed by atoms with van der Waals surface area (Å²) in [7, 11) is 1.38. The second kappa shape index (κ2) is 9.66. The number of rotatable bonds is 5. The van der Waals surface area contributed by atoms with Gasteiger partial charge in [-0.15, -0.1) is 0 Å². The lowest BCUT2D eigenvalue weighted by Gasteiger charge is -2.38. The van der Waals surface area contributed by atoms with E-state index in [1.807, 2.05) is 40.1 Å². The summed E-state index contributed by atoms with van der Waals surface area (Å²) >= 11 is 6.37. The molecular formula is C23H27ClN4O3. The van der Waals surface area contributed by atoms with E-state index in [-0.39, 0.29) is 11.9 Å². The summed E-state index contributed by atoms with van der Waals surface area (Å²) in [6.07, 6.45) is 3.99. The van der Waals surface area contributed by atoms with Crippen LogP contribution < -0.4 is 4.90 Å². The molecule has 2 fully saturated rings. The molecule has 164 valence electrons. The lowest BCUT2D eigenvalue weighted by molar-refractivity contribution is -0.148. The van der Waals surface area contributed by atoms with Crippen molar-refractivity contribution in [3.63, 3.8) is 0 Å². The van der Waals surface area contributed by atoms with E-state index in [1.54, 1.807) is 12.3 Å². The number of hydrogen-bond donors (Lipinski definition) is 0. The third-order valence-electron chi connectivity index (χ3n) is 6.01. The number of halogens is 1. The van der Waals surface area contributed by atoms with Gasteiger partial charge in [-0.3, -0.25) is 9.69 Å². The van der Waals surface area contributed by atoms with E-state index < -0.39 is 6.04 Å². The van der Waals surface area contributed by atoms with Gasteiger partial charge < -0.3 is 14.5 Å². The summed E-state index contributed by atoms with van der Waals surface area (Å²) in [6, 6.07) is 10.4. The first-order valence-corrected chi connectivity index (χ1v) is 11.0. The number of hydrogen-bond acceptors (Lipinski definition) is 6. The van der Waals surface area contributed by atoms with Crippen molar-refractivity contribution in [1.29, 1.82) is 0 Å². The lowest BCUT2D eigenvalue weighted by atomic mass is 10.0. The Hall–Kier alpha value is -2.64. The molecule has 2 aliphatic heterocycles. The Bertz CT molecular complexity index is 940. The van der Waals surface area contributed by atoms with Gasteiger partial charge in [-0.25, -0.2) is 9.78 Å². The van der Waals surface area contributed by atoms with Crippen LogP contribution in [0.5, 0.6) is 0 Å². The average Bonchev–Trinajstić information content (AvgIpc) is 3.35. The molecule has 1 atom stereocenters. The van der Waals surface area contributed by atoms with Gasteiger partial charge in [0.15, 0.2) is 0 Å². The number of aromatic nitrogens is 1. The number of nitrogens with zero attached hydrogens (tertiary/aromatic N) is 4. The van der Waals surface area contributed by atoms with Gasteiger partial charge in [0.25, 0.3) is 5.91 Å². The van der Waals surface area contributed by atoms with Gasteiger partial charge in [-0.1, -0.05) is 29.8 Å². The van der Waals surface area contributed by atoms with E-state index >= 15 is 0 Å². The van der Waals surface area contributed by atoms with Crippen LogP contribution >= 0.6 is 11.6 Å². The third-order valence-corrected chi connectivity index (χ3v) is 6.36. The fourth-order valence-corrected chi connectivity index (χ4v) is 4.62. The predicted molar refractivity (Wildman–Crippen MR) is 119 cm³/mol. The maximum absolute atomic E-state index is 13.3. The molecule has 7 nitrogen and oxygen atoms in total. The maximum Gasteiger partial charge on any atom is 0.327 e. The van der Waals surface area contributed by atoms with Crippen LogP contribution in [0.1, 0.15) is 34.8 Å². The van der Waals surface area contributed by atoms with Crippen molar-refractivity contribution in [2.75, 3.05) is 51.3 Å². The van der Waals surface area contributed by atoms with Crippen molar-refractivity contribution in [2.24, 2.45) is 0 Å². The largest absolute Gasteiger partial charge is 0.468 e. The molecule has 3 heterocycles. The van der Waals surface area contributed by atoms with Crippen LogP contribution in [0.4, 0.5) is 5.82 Å². The fourth-order valence-electron chi connectivity index (χ4n) is 4.38. The topological polar surface area (TPSA) is 66.0 Å². The number of carbonyl (C=O) groups excluding carboxylic acids is 2. The minimum absolute atomic E-state index is 0.0120. The molecular weight excluding hydrogens is 416 g/mol. The summed E-state index contributed by atoms with van der Waals surface area (Å²) in [5.41, 5.74) is 1.37. The lowest BCUT2D eigenvalue weighted by Crippen LogP contribution is -2.51. The number of ether oxygens (including phenoxy) is 1. The molecule has 0 radical (unpaired) electrons. The second-order valence-corrected chi connectivity index (χ2v) is 8.25. The summed E-state index contributed by atoms with van der Waals surface area (Å²) < 4.78 is 5.06. The molecule has 0 bridgehead atoms. The maximum atomic E-state index is 13.3. The molecule has 1 aromatic heterocycles. The Labute approximate surface area is 187 Å². The van der Waals surface area contributed by atoms with E-state index in [0.29, 0.717) is 36.8 Å². The molecule has 8 heteroatoms. The number of methoxy groups -OCH3 is 1. The molecule has 0 spiro atoms. The Morgan fingerprint density at radius 1 is 1.00 bits per heavy atom. The van der Waals surface area contributed by atoms with Gasteiger partial charge in [0, 0.05) is 50.5 Å². The first-order chi connectivity index (χ1) is 15.1. The molecule has 1 unspecified atom stereocenters. The zero-order valence-electron chi connectivity index (χ0n) is 17.7. The number of carbonyl (C=O) groups is 2. The van der Waals surface area contributed by atoms with Crippen LogP contribution in [0.15, 0.2) is 42.6 Å². The average molecular weight is 443 g/mol. The monoisotopic (exact) mass is 442 g/mol. The Kier molecular flexibility index (Phi) is 6.73. The molecule has 1 amide bonds. The summed E-state index contributed by atoms with van der Waals surface area (Å²) in [6.45, 7) is 4.01. The number of esters is 1. The number of benzene rings is 1. The van der Waals surface area contributed by atoms with Crippen LogP contribution in [0, 0.1) is 0 Å². The van der Waals surface area contributed by atoms with Gasteiger partial charge >= 0.3 is 5.97 Å². The van der Waals surface area contributed by atoms with E-state index in [4.69, 9.17) is 16.3 Å². The summed E-state index contributed by atoms with van der Waals surface area (Å²) in [5.74, 6) is 0.411. The number of anilines is 1. The highest BCUT2D eigenvalue weighted by Gasteiger charge is 2.34. The standard InChI is InChI=1S/C23H27ClN4O3/c1-31-23(30)20(17-7-2-3-9-19(17)24)26-13-15-28(16-14-26)22(29)18-8-6-10-25-21(18)27-11-4-5-12-27/h2-3,6-10,20H,4-5,11-16H2,1H3. The second-order valence-electron chi connectivity index (χ2n) is 7.84. The smallest absolute Gasteiger partial charge is 0.327 e. The zero-order valence-corrected chi connectivity index (χ0v) is 18.4. The van der Waals surface area contributed by atoms with Crippen LogP contribution in [-0.4, -0.2) is 73.0 Å². The van der Waals surface area contributed by atoms with E-state index in [0.717, 1.165) is 37.3 Å². The van der Waals surface area contributed by atoms with Crippen LogP contribution in [0.2, 0.25) is 5.02 Å². The highest BCUT2D eigenvalue weighted by Crippen LogP contribution is 2.30. The van der Waals surface area contributed by atoms with Crippen molar-refractivity contribution in [3.05, 3.63) is 58.7 Å². The van der Waals surface area contributed by atoms with Gasteiger partial charge in [-0.05, 0) is 36.6 Å².